The molecule has 1 aromatic heterocycles. The van der Waals surface area contributed by atoms with Crippen LogP contribution in [0.2, 0.25) is 0 Å². The highest BCUT2D eigenvalue weighted by Crippen LogP contribution is 2.38. The number of aromatic nitrogens is 2. The third kappa shape index (κ3) is 5.40. The summed E-state index contributed by atoms with van der Waals surface area (Å²) in [6, 6.07) is 8.09. The minimum absolute atomic E-state index is 0.101. The van der Waals surface area contributed by atoms with Gasteiger partial charge in [0.15, 0.2) is 5.82 Å². The Morgan fingerprint density at radius 2 is 1.97 bits per heavy atom. The summed E-state index contributed by atoms with van der Waals surface area (Å²) in [4.78, 5) is 35.0. The molecule has 4 heterocycles. The third-order valence-electron chi connectivity index (χ3n) is 8.04. The number of ether oxygens (including phenoxy) is 1. The highest BCUT2D eigenvalue weighted by molar-refractivity contribution is 5.83. The highest BCUT2D eigenvalue weighted by Gasteiger charge is 2.42. The van der Waals surface area contributed by atoms with Crippen LogP contribution >= 0.6 is 0 Å². The molecule has 0 saturated carbocycles. The lowest BCUT2D eigenvalue weighted by atomic mass is 9.73. The van der Waals surface area contributed by atoms with Gasteiger partial charge in [-0.15, -0.1) is 0 Å². The van der Waals surface area contributed by atoms with Crippen LogP contribution in [-0.2, 0) is 16.0 Å². The van der Waals surface area contributed by atoms with Crippen molar-refractivity contribution < 1.29 is 18.8 Å². The van der Waals surface area contributed by atoms with Crippen molar-refractivity contribution in [3.63, 3.8) is 0 Å². The molecule has 5 rings (SSSR count). The lowest BCUT2D eigenvalue weighted by Crippen LogP contribution is -2.51. The van der Waals surface area contributed by atoms with Gasteiger partial charge in [-0.2, -0.15) is 4.98 Å². The predicted octanol–water partition coefficient (Wildman–Crippen LogP) is 3.05. The van der Waals surface area contributed by atoms with Crippen LogP contribution in [0.25, 0.3) is 0 Å². The van der Waals surface area contributed by atoms with Crippen LogP contribution < -0.4 is 10.1 Å². The molecule has 0 aliphatic carbocycles. The fourth-order valence-corrected chi connectivity index (χ4v) is 5.94. The maximum Gasteiger partial charge on any atom is 0.237 e. The van der Waals surface area contributed by atoms with Gasteiger partial charge in [0.2, 0.25) is 17.7 Å². The van der Waals surface area contributed by atoms with Crippen LogP contribution in [0.1, 0.15) is 68.3 Å². The van der Waals surface area contributed by atoms with E-state index in [0.717, 1.165) is 76.8 Å². The molecular formula is C27H37N5O4. The van der Waals surface area contributed by atoms with Gasteiger partial charge in [-0.25, -0.2) is 0 Å². The van der Waals surface area contributed by atoms with Gasteiger partial charge in [0, 0.05) is 13.5 Å². The number of piperidine rings is 1. The topological polar surface area (TPSA) is 101 Å². The Morgan fingerprint density at radius 1 is 1.14 bits per heavy atom. The second-order valence-electron chi connectivity index (χ2n) is 10.4. The van der Waals surface area contributed by atoms with Crippen molar-refractivity contribution >= 4 is 11.8 Å². The molecular weight excluding hydrogens is 458 g/mol. The molecule has 3 aliphatic heterocycles. The smallest absolute Gasteiger partial charge is 0.237 e. The Balaban J connectivity index is 1.17. The number of para-hydroxylation sites is 1. The number of rotatable bonds is 3. The van der Waals surface area contributed by atoms with E-state index < -0.39 is 0 Å². The quantitative estimate of drug-likeness (QED) is 0.698. The van der Waals surface area contributed by atoms with E-state index in [4.69, 9.17) is 9.26 Å². The number of likely N-dealkylation sites (tertiary alicyclic amines) is 2. The number of carbonyl (C=O) groups excluding carboxylic acids is 2. The van der Waals surface area contributed by atoms with Crippen molar-refractivity contribution in [3.05, 3.63) is 41.5 Å². The predicted molar refractivity (Wildman–Crippen MR) is 133 cm³/mol. The molecule has 1 unspecified atom stereocenters. The number of amides is 2. The summed E-state index contributed by atoms with van der Waals surface area (Å²) in [7, 11) is 0. The molecule has 0 radical (unpaired) electrons. The van der Waals surface area contributed by atoms with E-state index in [1.807, 2.05) is 17.0 Å². The highest BCUT2D eigenvalue weighted by atomic mass is 16.5. The van der Waals surface area contributed by atoms with Gasteiger partial charge in [0.05, 0.1) is 24.5 Å². The van der Waals surface area contributed by atoms with Gasteiger partial charge in [-0.05, 0) is 69.7 Å². The Morgan fingerprint density at radius 3 is 2.78 bits per heavy atom. The van der Waals surface area contributed by atoms with Crippen molar-refractivity contribution in [1.29, 1.82) is 0 Å². The Kier molecular flexibility index (Phi) is 7.55. The van der Waals surface area contributed by atoms with Crippen molar-refractivity contribution in [2.75, 3.05) is 39.3 Å². The molecule has 2 saturated heterocycles. The lowest BCUT2D eigenvalue weighted by molar-refractivity contribution is -0.137. The molecule has 1 aromatic carbocycles. The largest absolute Gasteiger partial charge is 0.491 e. The Bertz CT molecular complexity index is 1060. The van der Waals surface area contributed by atoms with Crippen LogP contribution in [0, 0.1) is 12.3 Å². The van der Waals surface area contributed by atoms with Crippen LogP contribution in [0.15, 0.2) is 28.8 Å². The van der Waals surface area contributed by atoms with E-state index in [-0.39, 0.29) is 23.3 Å². The molecule has 1 atom stereocenters. The number of hydrogen-bond acceptors (Lipinski definition) is 7. The van der Waals surface area contributed by atoms with Crippen molar-refractivity contribution in [2.24, 2.45) is 5.41 Å². The summed E-state index contributed by atoms with van der Waals surface area (Å²) >= 11 is 0. The van der Waals surface area contributed by atoms with Crippen molar-refractivity contribution in [1.82, 2.24) is 25.3 Å². The first-order valence-corrected chi connectivity index (χ1v) is 13.4. The van der Waals surface area contributed by atoms with Crippen LogP contribution in [0.3, 0.4) is 0 Å². The summed E-state index contributed by atoms with van der Waals surface area (Å²) in [5, 5.41) is 7.19. The van der Waals surface area contributed by atoms with Gasteiger partial charge in [0.1, 0.15) is 12.4 Å². The van der Waals surface area contributed by atoms with Crippen LogP contribution in [0.5, 0.6) is 5.75 Å². The minimum atomic E-state index is -0.364. The van der Waals surface area contributed by atoms with E-state index in [1.165, 1.54) is 5.56 Å². The normalized spacial score (nSPS) is 23.3. The standard InChI is InChI=1S/C27H37N5O4/c1-20-29-25(30-36-20)22-9-6-15-32(22)24(33)19-31-16-12-27(13-17-31)11-5-4-8-21-7-2-3-10-23(21)35-18-14-28-26(27)34/h2-3,7,10,22H,4-6,8-9,11-19H2,1H3,(H,28,34). The zero-order chi connectivity index (χ0) is 25.0. The van der Waals surface area contributed by atoms with Crippen molar-refractivity contribution in [2.45, 2.75) is 64.3 Å². The summed E-state index contributed by atoms with van der Waals surface area (Å²) in [6.07, 6.45) is 7.24. The molecule has 2 amide bonds. The van der Waals surface area contributed by atoms with Gasteiger partial charge < -0.3 is 19.5 Å². The molecule has 9 heteroatoms. The molecule has 194 valence electrons. The Hall–Kier alpha value is -2.94. The molecule has 0 bridgehead atoms. The molecule has 2 aromatic rings. The number of hydrogen-bond donors (Lipinski definition) is 1. The molecule has 9 nitrogen and oxygen atoms in total. The van der Waals surface area contributed by atoms with E-state index in [0.29, 0.717) is 31.4 Å². The first-order chi connectivity index (χ1) is 17.5. The molecule has 36 heavy (non-hydrogen) atoms. The average molecular weight is 496 g/mol. The second kappa shape index (κ2) is 11.0. The number of nitrogens with zero attached hydrogens (tertiary/aromatic N) is 4. The molecule has 3 aliphatic rings. The van der Waals surface area contributed by atoms with E-state index in [1.54, 1.807) is 6.92 Å². The van der Waals surface area contributed by atoms with E-state index >= 15 is 0 Å². The summed E-state index contributed by atoms with van der Waals surface area (Å²) in [6.45, 7) is 5.33. The Labute approximate surface area is 212 Å². The molecule has 1 N–H and O–H groups in total. The first-order valence-electron chi connectivity index (χ1n) is 13.4. The fraction of sp³-hybridized carbons (Fsp3) is 0.630. The van der Waals surface area contributed by atoms with Crippen molar-refractivity contribution in [3.8, 4) is 5.75 Å². The maximum atomic E-state index is 13.3. The summed E-state index contributed by atoms with van der Waals surface area (Å²) in [5.41, 5.74) is 0.874. The lowest BCUT2D eigenvalue weighted by Gasteiger charge is -2.41. The SMILES string of the molecule is Cc1nc(C2CCCN2C(=O)CN2CCC3(CCCCc4ccccc4OCCNC3=O)CC2)no1. The number of fused-ring (bicyclic) bond motifs is 1. The monoisotopic (exact) mass is 495 g/mol. The number of carbonyl (C=O) groups is 2. The van der Waals surface area contributed by atoms with E-state index in [9.17, 15) is 9.59 Å². The fourth-order valence-electron chi connectivity index (χ4n) is 5.94. The number of aryl methyl sites for hydroxylation is 2. The number of benzene rings is 1. The first kappa shape index (κ1) is 24.7. The zero-order valence-electron chi connectivity index (χ0n) is 21.2. The van der Waals surface area contributed by atoms with E-state index in [2.05, 4.69) is 32.5 Å². The maximum absolute atomic E-state index is 13.3. The second-order valence-corrected chi connectivity index (χ2v) is 10.4. The summed E-state index contributed by atoms with van der Waals surface area (Å²) in [5.74, 6) is 2.30. The summed E-state index contributed by atoms with van der Waals surface area (Å²) < 4.78 is 11.1. The zero-order valence-corrected chi connectivity index (χ0v) is 21.2. The van der Waals surface area contributed by atoms with Gasteiger partial charge >= 0.3 is 0 Å². The average Bonchev–Trinajstić information content (AvgIpc) is 3.54. The third-order valence-corrected chi connectivity index (χ3v) is 8.04. The number of nitrogens with one attached hydrogen (secondary N) is 1. The van der Waals surface area contributed by atoms with Crippen LogP contribution in [0.4, 0.5) is 0 Å². The molecule has 1 spiro atoms. The van der Waals surface area contributed by atoms with Gasteiger partial charge in [0.25, 0.3) is 0 Å². The van der Waals surface area contributed by atoms with Gasteiger partial charge in [-0.1, -0.05) is 29.8 Å². The molecule has 2 fully saturated rings. The van der Waals surface area contributed by atoms with Gasteiger partial charge in [-0.3, -0.25) is 14.5 Å². The minimum Gasteiger partial charge on any atom is -0.491 e. The van der Waals surface area contributed by atoms with Crippen LogP contribution in [-0.4, -0.2) is 71.1 Å².